The Morgan fingerprint density at radius 2 is 2.15 bits per heavy atom. The molecule has 0 saturated carbocycles. The van der Waals surface area contributed by atoms with Gasteiger partial charge in [0.05, 0.1) is 10.9 Å². The van der Waals surface area contributed by atoms with Gasteiger partial charge in [0.25, 0.3) is 0 Å². The number of benzene rings is 1. The van der Waals surface area contributed by atoms with Crippen molar-refractivity contribution in [3.63, 3.8) is 0 Å². The summed E-state index contributed by atoms with van der Waals surface area (Å²) in [5.41, 5.74) is 1.74. The van der Waals surface area contributed by atoms with Gasteiger partial charge in [0, 0.05) is 9.50 Å². The first-order valence-corrected chi connectivity index (χ1v) is 5.14. The first-order valence-electron chi connectivity index (χ1n) is 3.59. The third kappa shape index (κ3) is 1.35. The maximum Gasteiger partial charge on any atom is 0.133 e. The van der Waals surface area contributed by atoms with Crippen LogP contribution in [0.5, 0.6) is 0 Å². The summed E-state index contributed by atoms with van der Waals surface area (Å²) in [5.74, 6) is 0. The molecule has 0 aliphatic heterocycles. The summed E-state index contributed by atoms with van der Waals surface area (Å²) < 4.78 is 0.897. The number of hydrogen-bond acceptors (Lipinski definition) is 1. The van der Waals surface area contributed by atoms with E-state index in [1.165, 1.54) is 0 Å². The summed E-state index contributed by atoms with van der Waals surface area (Å²) in [5, 5.41) is 8.80. The number of fused-ring (bicyclic) bond motifs is 1. The van der Waals surface area contributed by atoms with Crippen LogP contribution in [0, 0.1) is 6.92 Å². The Kier molecular flexibility index (Phi) is 2.26. The molecule has 0 amide bonds. The average Bonchev–Trinajstić information content (AvgIpc) is 2.43. The van der Waals surface area contributed by atoms with E-state index in [0.717, 1.165) is 20.9 Å². The normalized spacial score (nSPS) is 11.1. The molecule has 5 heteroatoms. The summed E-state index contributed by atoms with van der Waals surface area (Å²) in [6, 6.07) is 1.79. The predicted octanol–water partition coefficient (Wildman–Crippen LogP) is 3.94. The molecule has 0 spiro atoms. The van der Waals surface area contributed by atoms with Crippen molar-refractivity contribution in [1.82, 2.24) is 10.2 Å². The fourth-order valence-electron chi connectivity index (χ4n) is 1.17. The molecule has 13 heavy (non-hydrogen) atoms. The van der Waals surface area contributed by atoms with Gasteiger partial charge in [-0.2, -0.15) is 5.10 Å². The van der Waals surface area contributed by atoms with E-state index in [4.69, 9.17) is 23.2 Å². The Hall–Kier alpha value is -0.250. The summed E-state index contributed by atoms with van der Waals surface area (Å²) in [7, 11) is 0. The number of aromatic nitrogens is 2. The standard InChI is InChI=1S/C8H5BrCl2N2/c1-3-4(10)2-5-6(7(3)9)8(11)13-12-5/h2H,1H3,(H,12,13). The van der Waals surface area contributed by atoms with Gasteiger partial charge in [-0.25, -0.2) is 0 Å². The highest BCUT2D eigenvalue weighted by atomic mass is 79.9. The zero-order valence-corrected chi connectivity index (χ0v) is 9.76. The molecule has 0 saturated heterocycles. The molecular formula is C8H5BrCl2N2. The molecule has 0 bridgehead atoms. The van der Waals surface area contributed by atoms with Gasteiger partial charge in [-0.3, -0.25) is 5.10 Å². The van der Waals surface area contributed by atoms with Gasteiger partial charge in [0.1, 0.15) is 5.15 Å². The summed E-state index contributed by atoms with van der Waals surface area (Å²) in [4.78, 5) is 0. The molecule has 1 heterocycles. The largest absolute Gasteiger partial charge is 0.266 e. The number of nitrogens with zero attached hydrogens (tertiary/aromatic N) is 1. The average molecular weight is 280 g/mol. The first-order chi connectivity index (χ1) is 6.11. The van der Waals surface area contributed by atoms with Crippen LogP contribution in [0.4, 0.5) is 0 Å². The second-order valence-corrected chi connectivity index (χ2v) is 4.31. The second-order valence-electron chi connectivity index (χ2n) is 2.73. The van der Waals surface area contributed by atoms with E-state index in [-0.39, 0.29) is 0 Å². The van der Waals surface area contributed by atoms with Crippen LogP contribution in [0.1, 0.15) is 5.56 Å². The Morgan fingerprint density at radius 1 is 1.46 bits per heavy atom. The van der Waals surface area contributed by atoms with E-state index in [9.17, 15) is 0 Å². The van der Waals surface area contributed by atoms with Crippen molar-refractivity contribution in [2.24, 2.45) is 0 Å². The lowest BCUT2D eigenvalue weighted by molar-refractivity contribution is 1.12. The van der Waals surface area contributed by atoms with Gasteiger partial charge in [-0.1, -0.05) is 23.2 Å². The Morgan fingerprint density at radius 3 is 2.85 bits per heavy atom. The maximum absolute atomic E-state index is 5.98. The topological polar surface area (TPSA) is 28.7 Å². The third-order valence-corrected chi connectivity index (χ3v) is 3.58. The van der Waals surface area contributed by atoms with Crippen LogP contribution in [0.25, 0.3) is 10.9 Å². The Labute approximate surface area is 93.3 Å². The lowest BCUT2D eigenvalue weighted by atomic mass is 10.2. The van der Waals surface area contributed by atoms with Crippen LogP contribution in [0.2, 0.25) is 10.2 Å². The lowest BCUT2D eigenvalue weighted by Crippen LogP contribution is -1.79. The fraction of sp³-hybridized carbons (Fsp3) is 0.125. The predicted molar refractivity (Wildman–Crippen MR) is 58.6 cm³/mol. The zero-order valence-electron chi connectivity index (χ0n) is 6.66. The van der Waals surface area contributed by atoms with E-state index in [1.54, 1.807) is 6.07 Å². The van der Waals surface area contributed by atoms with Crippen molar-refractivity contribution < 1.29 is 0 Å². The van der Waals surface area contributed by atoms with Crippen molar-refractivity contribution in [3.8, 4) is 0 Å². The molecule has 1 aromatic heterocycles. The van der Waals surface area contributed by atoms with Crippen LogP contribution in [0.3, 0.4) is 0 Å². The van der Waals surface area contributed by atoms with E-state index in [0.29, 0.717) is 10.2 Å². The summed E-state index contributed by atoms with van der Waals surface area (Å²) in [6.07, 6.45) is 0. The van der Waals surface area contributed by atoms with Gasteiger partial charge < -0.3 is 0 Å². The maximum atomic E-state index is 5.98. The van der Waals surface area contributed by atoms with Crippen molar-refractivity contribution in [2.75, 3.05) is 0 Å². The second kappa shape index (κ2) is 3.15. The van der Waals surface area contributed by atoms with Crippen molar-refractivity contribution >= 4 is 50.0 Å². The molecule has 2 rings (SSSR count). The van der Waals surface area contributed by atoms with Crippen LogP contribution in [-0.4, -0.2) is 10.2 Å². The number of aromatic amines is 1. The highest BCUT2D eigenvalue weighted by Crippen LogP contribution is 2.35. The lowest BCUT2D eigenvalue weighted by Gasteiger charge is -2.01. The van der Waals surface area contributed by atoms with Crippen LogP contribution in [0.15, 0.2) is 10.5 Å². The summed E-state index contributed by atoms with van der Waals surface area (Å²) >= 11 is 15.3. The minimum atomic E-state index is 0.529. The first kappa shape index (κ1) is 9.31. The molecule has 0 aliphatic rings. The zero-order chi connectivity index (χ0) is 9.59. The number of nitrogens with one attached hydrogen (secondary N) is 1. The molecule has 0 aliphatic carbocycles. The SMILES string of the molecule is Cc1c(Cl)cc2n[nH]c(Cl)c2c1Br. The van der Waals surface area contributed by atoms with Gasteiger partial charge in [0.2, 0.25) is 0 Å². The van der Waals surface area contributed by atoms with Crippen molar-refractivity contribution in [1.29, 1.82) is 0 Å². The van der Waals surface area contributed by atoms with Gasteiger partial charge in [0.15, 0.2) is 0 Å². The molecule has 1 aromatic carbocycles. The number of H-pyrrole nitrogens is 1. The molecule has 0 fully saturated rings. The Bertz CT molecular complexity index is 478. The number of hydrogen-bond donors (Lipinski definition) is 1. The van der Waals surface area contributed by atoms with Gasteiger partial charge >= 0.3 is 0 Å². The van der Waals surface area contributed by atoms with Crippen molar-refractivity contribution in [3.05, 3.63) is 26.3 Å². The number of rotatable bonds is 0. The van der Waals surface area contributed by atoms with Crippen LogP contribution < -0.4 is 0 Å². The van der Waals surface area contributed by atoms with Crippen LogP contribution in [-0.2, 0) is 0 Å². The van der Waals surface area contributed by atoms with E-state index in [2.05, 4.69) is 26.1 Å². The minimum absolute atomic E-state index is 0.529. The quantitative estimate of drug-likeness (QED) is 0.777. The fourth-order valence-corrected chi connectivity index (χ4v) is 2.44. The minimum Gasteiger partial charge on any atom is -0.266 e. The molecule has 0 unspecified atom stereocenters. The van der Waals surface area contributed by atoms with E-state index in [1.807, 2.05) is 6.92 Å². The van der Waals surface area contributed by atoms with Crippen molar-refractivity contribution in [2.45, 2.75) is 6.92 Å². The Balaban J connectivity index is 2.97. The van der Waals surface area contributed by atoms with E-state index >= 15 is 0 Å². The molecule has 0 radical (unpaired) electrons. The molecular weight excluding hydrogens is 275 g/mol. The number of halogens is 3. The molecule has 2 aromatic rings. The molecule has 1 N–H and O–H groups in total. The van der Waals surface area contributed by atoms with E-state index < -0.39 is 0 Å². The molecule has 0 atom stereocenters. The highest BCUT2D eigenvalue weighted by Gasteiger charge is 2.11. The smallest absolute Gasteiger partial charge is 0.133 e. The molecule has 2 nitrogen and oxygen atoms in total. The monoisotopic (exact) mass is 278 g/mol. The summed E-state index contributed by atoms with van der Waals surface area (Å²) in [6.45, 7) is 1.93. The third-order valence-electron chi connectivity index (χ3n) is 1.92. The van der Waals surface area contributed by atoms with Gasteiger partial charge in [-0.05, 0) is 34.5 Å². The highest BCUT2D eigenvalue weighted by molar-refractivity contribution is 9.10. The van der Waals surface area contributed by atoms with Gasteiger partial charge in [-0.15, -0.1) is 0 Å². The molecule has 68 valence electrons. The van der Waals surface area contributed by atoms with Crippen LogP contribution >= 0.6 is 39.1 Å².